The molecule has 2 atom stereocenters. The van der Waals surface area contributed by atoms with Crippen LogP contribution in [-0.2, 0) is 4.74 Å². The maximum Gasteiger partial charge on any atom is 0.257 e. The van der Waals surface area contributed by atoms with Crippen molar-refractivity contribution < 1.29 is 13.9 Å². The standard InChI is InChI=1S/C20H23FN6O2/c1-12(21)9-22-20-14(3)16-5-4-7-26(16)17-6-8-27-18(25-17)15(10-23-27)19(28)24-13(2)11-29-20/h6,8-10,13,16H,3-5,7,11H2,1-2H3,(H,24,28)/b12-9+,22-20?/t13-,16+/m0/s1. The molecule has 4 rings (SSSR count). The van der Waals surface area contributed by atoms with Crippen LogP contribution in [0.5, 0.6) is 0 Å². The summed E-state index contributed by atoms with van der Waals surface area (Å²) in [5, 5.41) is 7.11. The van der Waals surface area contributed by atoms with Crippen LogP contribution in [0, 0.1) is 0 Å². The number of hydrogen-bond donors (Lipinski definition) is 1. The zero-order chi connectivity index (χ0) is 20.5. The number of ether oxygens (including phenoxy) is 1. The van der Waals surface area contributed by atoms with Gasteiger partial charge >= 0.3 is 0 Å². The van der Waals surface area contributed by atoms with Crippen molar-refractivity contribution in [2.24, 2.45) is 4.99 Å². The van der Waals surface area contributed by atoms with E-state index in [0.29, 0.717) is 16.8 Å². The van der Waals surface area contributed by atoms with Gasteiger partial charge < -0.3 is 15.0 Å². The molecule has 1 N–H and O–H groups in total. The van der Waals surface area contributed by atoms with E-state index in [0.717, 1.165) is 31.4 Å². The Kier molecular flexibility index (Phi) is 5.04. The van der Waals surface area contributed by atoms with Crippen LogP contribution in [-0.4, -0.2) is 51.6 Å². The number of hydrogen-bond acceptors (Lipinski definition) is 6. The van der Waals surface area contributed by atoms with Crippen molar-refractivity contribution in [3.05, 3.63) is 48.2 Å². The maximum absolute atomic E-state index is 13.3. The predicted octanol–water partition coefficient (Wildman–Crippen LogP) is 2.63. The summed E-state index contributed by atoms with van der Waals surface area (Å²) >= 11 is 0. The molecule has 0 radical (unpaired) electrons. The van der Waals surface area contributed by atoms with Gasteiger partial charge in [-0.3, -0.25) is 4.79 Å². The van der Waals surface area contributed by atoms with Gasteiger partial charge in [-0.15, -0.1) is 0 Å². The minimum absolute atomic E-state index is 0.0805. The molecular weight excluding hydrogens is 375 g/mol. The fourth-order valence-corrected chi connectivity index (χ4v) is 3.63. The fourth-order valence-electron chi connectivity index (χ4n) is 3.63. The first kappa shape index (κ1) is 19.1. The Morgan fingerprint density at radius 3 is 3.14 bits per heavy atom. The lowest BCUT2D eigenvalue weighted by atomic mass is 10.1. The van der Waals surface area contributed by atoms with Crippen LogP contribution in [0.4, 0.5) is 10.2 Å². The van der Waals surface area contributed by atoms with Gasteiger partial charge in [0.1, 0.15) is 23.8 Å². The normalized spacial score (nSPS) is 24.7. The van der Waals surface area contributed by atoms with Gasteiger partial charge in [-0.2, -0.15) is 5.10 Å². The molecule has 4 heterocycles. The van der Waals surface area contributed by atoms with Gasteiger partial charge in [0.25, 0.3) is 5.91 Å². The maximum atomic E-state index is 13.3. The van der Waals surface area contributed by atoms with Crippen LogP contribution in [0.3, 0.4) is 0 Å². The lowest BCUT2D eigenvalue weighted by Crippen LogP contribution is -2.38. The number of anilines is 1. The van der Waals surface area contributed by atoms with Gasteiger partial charge in [0.15, 0.2) is 5.65 Å². The molecular formula is C20H23FN6O2. The van der Waals surface area contributed by atoms with Gasteiger partial charge in [-0.25, -0.2) is 18.9 Å². The Balaban J connectivity index is 1.80. The van der Waals surface area contributed by atoms with Crippen molar-refractivity contribution in [1.29, 1.82) is 0 Å². The van der Waals surface area contributed by atoms with Gasteiger partial charge in [0, 0.05) is 18.3 Å². The quantitative estimate of drug-likeness (QED) is 0.798. The molecule has 29 heavy (non-hydrogen) atoms. The Morgan fingerprint density at radius 1 is 1.52 bits per heavy atom. The molecule has 2 aromatic rings. The second-order valence-electron chi connectivity index (χ2n) is 7.32. The molecule has 0 spiro atoms. The summed E-state index contributed by atoms with van der Waals surface area (Å²) in [6.45, 7) is 8.29. The second kappa shape index (κ2) is 7.65. The molecule has 1 saturated heterocycles. The molecule has 8 nitrogen and oxygen atoms in total. The van der Waals surface area contributed by atoms with E-state index < -0.39 is 5.83 Å². The van der Waals surface area contributed by atoms with Crippen molar-refractivity contribution in [2.75, 3.05) is 18.1 Å². The Hall–Kier alpha value is -3.23. The van der Waals surface area contributed by atoms with E-state index in [1.165, 1.54) is 13.1 Å². The van der Waals surface area contributed by atoms with E-state index >= 15 is 0 Å². The SMILES string of the molecule is C=C1C(=N/C=C(\C)F)OC[C@H](C)NC(=O)c2cnn3ccc(nc23)N2CCC[C@H]12. The van der Waals surface area contributed by atoms with Gasteiger partial charge in [-0.05, 0) is 32.8 Å². The topological polar surface area (TPSA) is 84.1 Å². The highest BCUT2D eigenvalue weighted by molar-refractivity contribution is 6.00. The molecule has 2 aliphatic heterocycles. The molecule has 0 aliphatic carbocycles. The van der Waals surface area contributed by atoms with Crippen molar-refractivity contribution in [3.63, 3.8) is 0 Å². The number of nitrogens with one attached hydrogen (secondary N) is 1. The highest BCUT2D eigenvalue weighted by Crippen LogP contribution is 2.29. The zero-order valence-electron chi connectivity index (χ0n) is 16.4. The van der Waals surface area contributed by atoms with E-state index in [1.807, 2.05) is 13.0 Å². The molecule has 2 aliphatic rings. The lowest BCUT2D eigenvalue weighted by molar-refractivity contribution is 0.0926. The summed E-state index contributed by atoms with van der Waals surface area (Å²) in [5.41, 5.74) is 1.55. The van der Waals surface area contributed by atoms with Crippen molar-refractivity contribution in [2.45, 2.75) is 38.8 Å². The number of halogens is 1. The van der Waals surface area contributed by atoms with Gasteiger partial charge in [-0.1, -0.05) is 6.58 Å². The third-order valence-corrected chi connectivity index (χ3v) is 5.03. The largest absolute Gasteiger partial charge is 0.475 e. The number of aromatic nitrogens is 3. The number of carbonyl (C=O) groups excluding carboxylic acids is 1. The monoisotopic (exact) mass is 398 g/mol. The van der Waals surface area contributed by atoms with Crippen LogP contribution < -0.4 is 10.2 Å². The Labute approximate surface area is 167 Å². The zero-order valence-corrected chi connectivity index (χ0v) is 16.4. The van der Waals surface area contributed by atoms with Crippen molar-refractivity contribution >= 4 is 23.3 Å². The minimum atomic E-state index is -0.430. The molecule has 152 valence electrons. The summed E-state index contributed by atoms with van der Waals surface area (Å²) < 4.78 is 20.7. The van der Waals surface area contributed by atoms with Gasteiger partial charge in [0.05, 0.1) is 24.5 Å². The molecule has 2 aromatic heterocycles. The van der Waals surface area contributed by atoms with Crippen LogP contribution >= 0.6 is 0 Å². The number of carbonyl (C=O) groups is 1. The molecule has 0 unspecified atom stereocenters. The molecule has 0 aromatic carbocycles. The first-order chi connectivity index (χ1) is 13.9. The summed E-state index contributed by atoms with van der Waals surface area (Å²) in [7, 11) is 0. The van der Waals surface area contributed by atoms with Crippen LogP contribution in [0.2, 0.25) is 0 Å². The molecule has 0 saturated carbocycles. The third kappa shape index (κ3) is 3.72. The Bertz CT molecular complexity index is 1020. The first-order valence-electron chi connectivity index (χ1n) is 9.58. The number of amides is 1. The Morgan fingerprint density at radius 2 is 2.34 bits per heavy atom. The number of fused-ring (bicyclic) bond motifs is 3. The highest BCUT2D eigenvalue weighted by Gasteiger charge is 2.32. The number of allylic oxidation sites excluding steroid dienone is 1. The summed E-state index contributed by atoms with van der Waals surface area (Å²) in [6.07, 6.45) is 6.22. The summed E-state index contributed by atoms with van der Waals surface area (Å²) in [5.74, 6) is 0.277. The number of rotatable bonds is 1. The van der Waals surface area contributed by atoms with Crippen LogP contribution in [0.25, 0.3) is 5.65 Å². The average molecular weight is 398 g/mol. The molecule has 1 fully saturated rings. The van der Waals surface area contributed by atoms with E-state index in [4.69, 9.17) is 9.72 Å². The van der Waals surface area contributed by atoms with Crippen LogP contribution in [0.15, 0.2) is 47.6 Å². The summed E-state index contributed by atoms with van der Waals surface area (Å²) in [4.78, 5) is 23.7. The molecule has 2 bridgehead atoms. The predicted molar refractivity (Wildman–Crippen MR) is 108 cm³/mol. The van der Waals surface area contributed by atoms with Crippen molar-refractivity contribution in [3.8, 4) is 0 Å². The first-order valence-corrected chi connectivity index (χ1v) is 9.58. The van der Waals surface area contributed by atoms with E-state index in [-0.39, 0.29) is 30.5 Å². The minimum Gasteiger partial charge on any atom is -0.475 e. The number of aliphatic imine (C=N–C) groups is 1. The number of nitrogens with zero attached hydrogens (tertiary/aromatic N) is 5. The van der Waals surface area contributed by atoms with Crippen LogP contribution in [0.1, 0.15) is 37.0 Å². The van der Waals surface area contributed by atoms with Crippen molar-refractivity contribution in [1.82, 2.24) is 19.9 Å². The third-order valence-electron chi connectivity index (χ3n) is 5.03. The molecule has 9 heteroatoms. The van der Waals surface area contributed by atoms with Gasteiger partial charge in [0.2, 0.25) is 5.90 Å². The smallest absolute Gasteiger partial charge is 0.257 e. The van der Waals surface area contributed by atoms with E-state index in [9.17, 15) is 9.18 Å². The van der Waals surface area contributed by atoms with E-state index in [1.54, 1.807) is 10.7 Å². The average Bonchev–Trinajstić information content (AvgIpc) is 3.33. The fraction of sp³-hybridized carbons (Fsp3) is 0.400. The molecule has 1 amide bonds. The summed E-state index contributed by atoms with van der Waals surface area (Å²) in [6, 6.07) is 1.47. The lowest BCUT2D eigenvalue weighted by Gasteiger charge is -2.28. The highest BCUT2D eigenvalue weighted by atomic mass is 19.1. The second-order valence-corrected chi connectivity index (χ2v) is 7.32. The van der Waals surface area contributed by atoms with E-state index in [2.05, 4.69) is 26.9 Å².